The van der Waals surface area contributed by atoms with Crippen molar-refractivity contribution in [1.29, 1.82) is 0 Å². The molecular formula is C54H89NO5. The van der Waals surface area contributed by atoms with Crippen LogP contribution in [0.3, 0.4) is 0 Å². The monoisotopic (exact) mass is 832 g/mol. The van der Waals surface area contributed by atoms with Crippen LogP contribution in [-0.4, -0.2) is 35.6 Å². The number of carbonyl (C=O) groups excluding carboxylic acids is 2. The topological polar surface area (TPSA) is 92.7 Å². The second kappa shape index (κ2) is 48.0. The quantitative estimate of drug-likeness (QED) is 0.0363. The van der Waals surface area contributed by atoms with Crippen molar-refractivity contribution in [2.75, 3.05) is 6.54 Å². The number of esters is 1. The van der Waals surface area contributed by atoms with Crippen molar-refractivity contribution in [2.24, 2.45) is 0 Å². The molecule has 0 aromatic rings. The second-order valence-electron chi connectivity index (χ2n) is 16.0. The molecule has 0 saturated heterocycles. The summed E-state index contributed by atoms with van der Waals surface area (Å²) in [5, 5.41) is 11.1. The Kier molecular flexibility index (Phi) is 45.1. The third-order valence-corrected chi connectivity index (χ3v) is 10.2. The number of aliphatic carboxylic acids is 1. The number of hydrogen-bond donors (Lipinski definition) is 2. The van der Waals surface area contributed by atoms with Crippen molar-refractivity contribution < 1.29 is 24.2 Å². The summed E-state index contributed by atoms with van der Waals surface area (Å²) in [4.78, 5) is 35.2. The molecule has 1 atom stereocenters. The van der Waals surface area contributed by atoms with Crippen LogP contribution in [0.1, 0.15) is 213 Å². The van der Waals surface area contributed by atoms with Crippen LogP contribution in [0.5, 0.6) is 0 Å². The zero-order valence-electron chi connectivity index (χ0n) is 38.5. The van der Waals surface area contributed by atoms with Crippen LogP contribution < -0.4 is 5.32 Å². The molecule has 0 rings (SSSR count). The highest BCUT2D eigenvalue weighted by molar-refractivity contribution is 5.80. The first-order valence-electron chi connectivity index (χ1n) is 24.4. The maximum Gasteiger partial charge on any atom is 0.322 e. The van der Waals surface area contributed by atoms with Crippen LogP contribution in [0.2, 0.25) is 0 Å². The van der Waals surface area contributed by atoms with Gasteiger partial charge in [0.15, 0.2) is 0 Å². The van der Waals surface area contributed by atoms with E-state index in [1.807, 2.05) is 0 Å². The Morgan fingerprint density at radius 3 is 1.32 bits per heavy atom. The van der Waals surface area contributed by atoms with Crippen LogP contribution in [0.15, 0.2) is 97.2 Å². The maximum absolute atomic E-state index is 12.8. The van der Waals surface area contributed by atoms with E-state index in [0.717, 1.165) is 122 Å². The number of carboxylic acids is 1. The molecule has 1 amide bonds. The van der Waals surface area contributed by atoms with E-state index in [1.54, 1.807) is 0 Å². The van der Waals surface area contributed by atoms with E-state index in [1.165, 1.54) is 64.2 Å². The van der Waals surface area contributed by atoms with Gasteiger partial charge in [0.25, 0.3) is 0 Å². The first-order chi connectivity index (χ1) is 29.5. The summed E-state index contributed by atoms with van der Waals surface area (Å²) in [6, 6.07) is 0. The van der Waals surface area contributed by atoms with Gasteiger partial charge in [0, 0.05) is 12.8 Å². The Hall–Kier alpha value is -3.67. The Labute approximate surface area is 369 Å². The van der Waals surface area contributed by atoms with E-state index in [0.29, 0.717) is 12.8 Å². The van der Waals surface area contributed by atoms with Crippen LogP contribution in [0, 0.1) is 0 Å². The van der Waals surface area contributed by atoms with Crippen molar-refractivity contribution in [3.63, 3.8) is 0 Å². The Balaban J connectivity index is 4.31. The molecule has 0 aliphatic rings. The van der Waals surface area contributed by atoms with Crippen molar-refractivity contribution in [3.05, 3.63) is 97.2 Å². The first-order valence-corrected chi connectivity index (χ1v) is 24.4. The van der Waals surface area contributed by atoms with Crippen LogP contribution >= 0.6 is 0 Å². The molecule has 0 fully saturated rings. The van der Waals surface area contributed by atoms with Crippen LogP contribution in [0.4, 0.5) is 0 Å². The Morgan fingerprint density at radius 2 is 0.833 bits per heavy atom. The molecule has 0 aromatic heterocycles. The highest BCUT2D eigenvalue weighted by Gasteiger charge is 2.14. The molecule has 0 aliphatic carbocycles. The van der Waals surface area contributed by atoms with Gasteiger partial charge in [0.1, 0.15) is 12.6 Å². The molecule has 6 heteroatoms. The minimum absolute atomic E-state index is 0.0274. The van der Waals surface area contributed by atoms with Gasteiger partial charge in [-0.25, -0.2) is 0 Å². The van der Waals surface area contributed by atoms with E-state index in [4.69, 9.17) is 9.84 Å². The highest BCUT2D eigenvalue weighted by atomic mass is 16.5. The molecule has 0 aliphatic heterocycles. The molecule has 340 valence electrons. The van der Waals surface area contributed by atoms with Gasteiger partial charge in [-0.1, -0.05) is 182 Å². The summed E-state index contributed by atoms with van der Waals surface area (Å²) in [5.41, 5.74) is 0. The third kappa shape index (κ3) is 47.0. The second-order valence-corrected chi connectivity index (χ2v) is 16.0. The molecule has 0 bridgehead atoms. The number of nitrogens with one attached hydrogen (secondary N) is 1. The molecule has 0 saturated carbocycles. The van der Waals surface area contributed by atoms with Crippen molar-refractivity contribution in [1.82, 2.24) is 5.32 Å². The Morgan fingerprint density at radius 1 is 0.450 bits per heavy atom. The normalized spacial score (nSPS) is 13.0. The maximum atomic E-state index is 12.8. The predicted octanol–water partition coefficient (Wildman–Crippen LogP) is 15.7. The summed E-state index contributed by atoms with van der Waals surface area (Å²) in [5.74, 6) is -1.31. The zero-order chi connectivity index (χ0) is 43.7. The lowest BCUT2D eigenvalue weighted by molar-refractivity contribution is -0.150. The standard InChI is InChI=1S/C54H89NO5/c1-3-5-7-9-11-13-15-17-19-20-21-22-23-24-25-26-28-30-32-34-36-41-45-49-54(59)60-51(47-43-39-37-40-44-48-52(56)55-50-53(57)58)46-42-38-35-33-31-29-27-18-16-14-12-10-8-6-4-2/h5,7,11,13,17,19,21-22,24-25,28-31,34,36,51H,3-4,6,8-10,12,14-16,18,20,23,26-27,32-33,35,37-50H2,1-2H3,(H,55,56)(H,57,58)/b7-5-,13-11-,19-17-,22-21-,25-24-,30-28-,31-29-,36-34-. The minimum atomic E-state index is -1.02. The molecule has 0 heterocycles. The average molecular weight is 832 g/mol. The Bertz CT molecular complexity index is 1240. The third-order valence-electron chi connectivity index (χ3n) is 10.2. The van der Waals surface area contributed by atoms with Crippen molar-refractivity contribution in [3.8, 4) is 0 Å². The average Bonchev–Trinajstić information content (AvgIpc) is 3.24. The van der Waals surface area contributed by atoms with E-state index in [-0.39, 0.29) is 24.5 Å². The van der Waals surface area contributed by atoms with Crippen molar-refractivity contribution in [2.45, 2.75) is 219 Å². The van der Waals surface area contributed by atoms with E-state index in [9.17, 15) is 14.4 Å². The number of ether oxygens (including phenoxy) is 1. The molecule has 0 spiro atoms. The molecular weight excluding hydrogens is 743 g/mol. The van der Waals surface area contributed by atoms with Crippen molar-refractivity contribution >= 4 is 17.8 Å². The van der Waals surface area contributed by atoms with Gasteiger partial charge in [-0.2, -0.15) is 0 Å². The van der Waals surface area contributed by atoms with Gasteiger partial charge < -0.3 is 15.2 Å². The highest BCUT2D eigenvalue weighted by Crippen LogP contribution is 2.18. The molecule has 6 nitrogen and oxygen atoms in total. The van der Waals surface area contributed by atoms with Crippen LogP contribution in [0.25, 0.3) is 0 Å². The molecule has 2 N–H and O–H groups in total. The van der Waals surface area contributed by atoms with E-state index in [2.05, 4.69) is 116 Å². The SMILES string of the molecule is CC/C=C\C/C=C\C/C=C\C/C=C\C/C=C\C/C=C\C/C=C\CCCC(=O)OC(CCCCC/C=C\CCCCCCCCCC)CCCCCCCC(=O)NCC(=O)O. The summed E-state index contributed by atoms with van der Waals surface area (Å²) in [6.45, 7) is 4.11. The van der Waals surface area contributed by atoms with Gasteiger partial charge in [-0.15, -0.1) is 0 Å². The number of amides is 1. The summed E-state index contributed by atoms with van der Waals surface area (Å²) in [6.07, 6.45) is 68.2. The smallest absolute Gasteiger partial charge is 0.322 e. The van der Waals surface area contributed by atoms with Gasteiger partial charge >= 0.3 is 11.9 Å². The summed E-state index contributed by atoms with van der Waals surface area (Å²) in [7, 11) is 0. The lowest BCUT2D eigenvalue weighted by Gasteiger charge is -2.18. The fourth-order valence-electron chi connectivity index (χ4n) is 6.68. The fraction of sp³-hybridized carbons (Fsp3) is 0.648. The number of carboxylic acid groups (broad SMARTS) is 1. The predicted molar refractivity (Wildman–Crippen MR) is 258 cm³/mol. The molecule has 60 heavy (non-hydrogen) atoms. The van der Waals surface area contributed by atoms with E-state index >= 15 is 0 Å². The lowest BCUT2D eigenvalue weighted by atomic mass is 10.0. The number of allylic oxidation sites excluding steroid dienone is 16. The van der Waals surface area contributed by atoms with Gasteiger partial charge in [0.05, 0.1) is 0 Å². The number of hydrogen-bond acceptors (Lipinski definition) is 4. The van der Waals surface area contributed by atoms with Crippen LogP contribution in [-0.2, 0) is 19.1 Å². The molecule has 0 radical (unpaired) electrons. The largest absolute Gasteiger partial charge is 0.480 e. The van der Waals surface area contributed by atoms with Gasteiger partial charge in [-0.05, 0) is 116 Å². The van der Waals surface area contributed by atoms with Gasteiger partial charge in [0.2, 0.25) is 5.91 Å². The zero-order valence-corrected chi connectivity index (χ0v) is 38.5. The molecule has 1 unspecified atom stereocenters. The lowest BCUT2D eigenvalue weighted by Crippen LogP contribution is -2.28. The minimum Gasteiger partial charge on any atom is -0.480 e. The van der Waals surface area contributed by atoms with E-state index < -0.39 is 5.97 Å². The molecule has 0 aromatic carbocycles. The number of rotatable bonds is 43. The number of carbonyl (C=O) groups is 3. The first kappa shape index (κ1) is 56.3. The number of unbranched alkanes of at least 4 members (excludes halogenated alkanes) is 16. The summed E-state index contributed by atoms with van der Waals surface area (Å²) < 4.78 is 6.02. The summed E-state index contributed by atoms with van der Waals surface area (Å²) >= 11 is 0. The fourth-order valence-corrected chi connectivity index (χ4v) is 6.68. The van der Waals surface area contributed by atoms with Gasteiger partial charge in [-0.3, -0.25) is 14.4 Å².